The highest BCUT2D eigenvalue weighted by Gasteiger charge is 2.15. The van der Waals surface area contributed by atoms with Crippen molar-refractivity contribution in [3.8, 4) is 5.75 Å². The highest BCUT2D eigenvalue weighted by Crippen LogP contribution is 2.30. The Labute approximate surface area is 150 Å². The molecule has 0 unspecified atom stereocenters. The monoisotopic (exact) mass is 596 g/mol. The van der Waals surface area contributed by atoms with E-state index in [4.69, 9.17) is 14.3 Å². The summed E-state index contributed by atoms with van der Waals surface area (Å²) < 4.78 is 13.7. The third-order valence-corrected chi connectivity index (χ3v) is 4.50. The Bertz CT molecular complexity index is 598. The zero-order valence-corrected chi connectivity index (χ0v) is 15.8. The zero-order valence-electron chi connectivity index (χ0n) is 9.32. The topological polar surface area (TPSA) is 59.7 Å². The molecule has 0 aliphatic rings. The molecule has 0 aliphatic carbocycles. The summed E-state index contributed by atoms with van der Waals surface area (Å²) in [6.07, 6.45) is 1.35. The maximum atomic E-state index is 10.9. The molecule has 2 aromatic rings. The van der Waals surface area contributed by atoms with Crippen molar-refractivity contribution in [2.24, 2.45) is 0 Å². The number of hydrogen-bond donors (Lipinski definition) is 1. The third kappa shape index (κ3) is 3.74. The molecule has 0 radical (unpaired) electrons. The Balaban J connectivity index is 2.19. The number of carboxylic acid groups (broad SMARTS) is 1. The van der Waals surface area contributed by atoms with Crippen molar-refractivity contribution < 1.29 is 19.1 Å². The summed E-state index contributed by atoms with van der Waals surface area (Å²) >= 11 is 6.64. The van der Waals surface area contributed by atoms with Crippen molar-refractivity contribution in [3.05, 3.63) is 46.5 Å². The van der Waals surface area contributed by atoms with Gasteiger partial charge in [-0.15, -0.1) is 0 Å². The predicted octanol–water partition coefficient (Wildman–Crippen LogP) is 4.37. The van der Waals surface area contributed by atoms with Crippen LogP contribution in [-0.4, -0.2) is 11.1 Å². The smallest absolute Gasteiger partial charge is 0.372 e. The average Bonchev–Trinajstić information content (AvgIpc) is 2.75. The van der Waals surface area contributed by atoms with Gasteiger partial charge >= 0.3 is 5.97 Å². The molecule has 1 N–H and O–H groups in total. The number of benzene rings is 1. The van der Waals surface area contributed by atoms with Gasteiger partial charge in [-0.05, 0) is 86.0 Å². The van der Waals surface area contributed by atoms with Gasteiger partial charge in [-0.2, -0.15) is 0 Å². The quantitative estimate of drug-likeness (QED) is 0.534. The van der Waals surface area contributed by atoms with Crippen molar-refractivity contribution >= 4 is 73.7 Å². The zero-order chi connectivity index (χ0) is 14.0. The molecule has 1 aromatic carbocycles. The van der Waals surface area contributed by atoms with Gasteiger partial charge in [0.1, 0.15) is 12.4 Å². The molecule has 0 atom stereocenters. The lowest BCUT2D eigenvalue weighted by atomic mass is 10.2. The van der Waals surface area contributed by atoms with E-state index in [0.29, 0.717) is 5.56 Å². The Hall–Kier alpha value is -0.0400. The minimum atomic E-state index is -1.09. The highest BCUT2D eigenvalue weighted by atomic mass is 127. The number of rotatable bonds is 4. The van der Waals surface area contributed by atoms with Gasteiger partial charge in [0.25, 0.3) is 0 Å². The Kier molecular flexibility index (Phi) is 5.34. The number of furan rings is 1. The molecular formula is C12H7I3O4. The van der Waals surface area contributed by atoms with Crippen LogP contribution in [0.15, 0.2) is 28.9 Å². The predicted molar refractivity (Wildman–Crippen MR) is 94.6 cm³/mol. The number of carbonyl (C=O) groups is 1. The summed E-state index contributed by atoms with van der Waals surface area (Å²) in [5, 5.41) is 8.94. The normalized spacial score (nSPS) is 10.5. The van der Waals surface area contributed by atoms with Crippen molar-refractivity contribution in [1.82, 2.24) is 0 Å². The molecule has 4 nitrogen and oxygen atoms in total. The fourth-order valence-electron chi connectivity index (χ4n) is 1.45. The lowest BCUT2D eigenvalue weighted by Gasteiger charge is -2.10. The van der Waals surface area contributed by atoms with Gasteiger partial charge in [-0.3, -0.25) is 0 Å². The van der Waals surface area contributed by atoms with E-state index in [9.17, 15) is 4.79 Å². The second-order valence-electron chi connectivity index (χ2n) is 3.57. The number of halogens is 3. The number of carboxylic acids is 1. The Morgan fingerprint density at radius 1 is 1.26 bits per heavy atom. The molecule has 0 saturated carbocycles. The number of aromatic carboxylic acids is 1. The van der Waals surface area contributed by atoms with Gasteiger partial charge in [-0.25, -0.2) is 4.79 Å². The molecule has 0 amide bonds. The maximum absolute atomic E-state index is 10.9. The van der Waals surface area contributed by atoms with Crippen LogP contribution < -0.4 is 4.74 Å². The van der Waals surface area contributed by atoms with E-state index >= 15 is 0 Å². The fourth-order valence-corrected chi connectivity index (χ4v) is 5.35. The van der Waals surface area contributed by atoms with Gasteiger partial charge in [0.15, 0.2) is 0 Å². The lowest BCUT2D eigenvalue weighted by Crippen LogP contribution is -2.04. The first-order valence-corrected chi connectivity index (χ1v) is 8.29. The maximum Gasteiger partial charge on any atom is 0.372 e. The van der Waals surface area contributed by atoms with E-state index < -0.39 is 5.97 Å². The summed E-state index contributed by atoms with van der Waals surface area (Å²) in [7, 11) is 0. The van der Waals surface area contributed by atoms with Crippen LogP contribution in [0.4, 0.5) is 0 Å². The second-order valence-corrected chi connectivity index (χ2v) is 7.14. The molecule has 2 rings (SSSR count). The molecule has 7 heteroatoms. The van der Waals surface area contributed by atoms with Crippen LogP contribution >= 0.6 is 67.8 Å². The van der Waals surface area contributed by atoms with Gasteiger partial charge in [0.2, 0.25) is 5.76 Å². The molecule has 0 aliphatic heterocycles. The molecule has 1 aromatic heterocycles. The van der Waals surface area contributed by atoms with E-state index in [0.717, 1.165) is 16.5 Å². The summed E-state index contributed by atoms with van der Waals surface area (Å²) in [4.78, 5) is 10.9. The standard InChI is InChI=1S/C12H7I3O4/c13-7-3-8(14)11(9(15)4-7)19-5-6-1-2-18-10(6)12(16)17/h1-4H,5H2,(H,16,17). The van der Waals surface area contributed by atoms with E-state index in [2.05, 4.69) is 67.8 Å². The first-order valence-electron chi connectivity index (χ1n) is 5.06. The van der Waals surface area contributed by atoms with Crippen LogP contribution in [0.3, 0.4) is 0 Å². The Morgan fingerprint density at radius 2 is 1.89 bits per heavy atom. The molecule has 0 bridgehead atoms. The molecule has 0 spiro atoms. The van der Waals surface area contributed by atoms with Crippen LogP contribution in [0.5, 0.6) is 5.75 Å². The molecular weight excluding hydrogens is 589 g/mol. The highest BCUT2D eigenvalue weighted by molar-refractivity contribution is 14.1. The molecule has 1 heterocycles. The van der Waals surface area contributed by atoms with Crippen LogP contribution in [0.1, 0.15) is 16.1 Å². The van der Waals surface area contributed by atoms with E-state index in [1.54, 1.807) is 6.07 Å². The fraction of sp³-hybridized carbons (Fsp3) is 0.0833. The molecule has 0 saturated heterocycles. The third-order valence-electron chi connectivity index (χ3n) is 2.28. The van der Waals surface area contributed by atoms with Crippen LogP contribution in [0.2, 0.25) is 0 Å². The SMILES string of the molecule is O=C(O)c1occc1COc1c(I)cc(I)cc1I. The summed E-state index contributed by atoms with van der Waals surface area (Å²) in [6.45, 7) is 0.171. The van der Waals surface area contributed by atoms with E-state index in [1.807, 2.05) is 12.1 Å². The van der Waals surface area contributed by atoms with Crippen LogP contribution in [0, 0.1) is 10.7 Å². The van der Waals surface area contributed by atoms with Crippen molar-refractivity contribution in [2.45, 2.75) is 6.61 Å². The van der Waals surface area contributed by atoms with Crippen molar-refractivity contribution in [2.75, 3.05) is 0 Å². The first-order chi connectivity index (χ1) is 8.99. The largest absolute Gasteiger partial charge is 0.487 e. The molecule has 100 valence electrons. The summed E-state index contributed by atoms with van der Waals surface area (Å²) in [6, 6.07) is 5.62. The molecule has 19 heavy (non-hydrogen) atoms. The van der Waals surface area contributed by atoms with Gasteiger partial charge < -0.3 is 14.3 Å². The lowest BCUT2D eigenvalue weighted by molar-refractivity contribution is 0.0658. The minimum Gasteiger partial charge on any atom is -0.487 e. The number of ether oxygens (including phenoxy) is 1. The van der Waals surface area contributed by atoms with E-state index in [1.165, 1.54) is 6.26 Å². The Morgan fingerprint density at radius 3 is 2.47 bits per heavy atom. The average molecular weight is 596 g/mol. The summed E-state index contributed by atoms with van der Waals surface area (Å²) in [5.41, 5.74) is 0.526. The van der Waals surface area contributed by atoms with E-state index in [-0.39, 0.29) is 12.4 Å². The first kappa shape index (κ1) is 15.4. The minimum absolute atomic E-state index is 0.0736. The van der Waals surface area contributed by atoms with Crippen LogP contribution in [-0.2, 0) is 6.61 Å². The van der Waals surface area contributed by atoms with Crippen molar-refractivity contribution in [1.29, 1.82) is 0 Å². The van der Waals surface area contributed by atoms with Crippen molar-refractivity contribution in [3.63, 3.8) is 0 Å². The van der Waals surface area contributed by atoms with Gasteiger partial charge in [0, 0.05) is 9.13 Å². The van der Waals surface area contributed by atoms with Gasteiger partial charge in [-0.1, -0.05) is 0 Å². The second kappa shape index (κ2) is 6.61. The summed E-state index contributed by atoms with van der Waals surface area (Å²) in [5.74, 6) is -0.398. The number of hydrogen-bond acceptors (Lipinski definition) is 3. The van der Waals surface area contributed by atoms with Crippen LogP contribution in [0.25, 0.3) is 0 Å². The van der Waals surface area contributed by atoms with Gasteiger partial charge in [0.05, 0.1) is 13.4 Å². The molecule has 0 fully saturated rings.